The van der Waals surface area contributed by atoms with Gasteiger partial charge in [0.15, 0.2) is 0 Å². The van der Waals surface area contributed by atoms with Gasteiger partial charge in [-0.15, -0.1) is 0 Å². The molecule has 1 aromatic carbocycles. The van der Waals surface area contributed by atoms with Crippen molar-refractivity contribution in [1.82, 2.24) is 18.9 Å². The van der Waals surface area contributed by atoms with Gasteiger partial charge in [0.2, 0.25) is 0 Å². The molecule has 1 saturated heterocycles. The molecule has 1 aliphatic carbocycles. The molecule has 6 nitrogen and oxygen atoms in total. The van der Waals surface area contributed by atoms with Gasteiger partial charge in [-0.3, -0.25) is 0 Å². The highest BCUT2D eigenvalue weighted by atomic mass is 32.2. The molecule has 1 aliphatic heterocycles. The Morgan fingerprint density at radius 3 is 2.92 bits per heavy atom. The van der Waals surface area contributed by atoms with Gasteiger partial charge in [0, 0.05) is 56.2 Å². The third-order valence-corrected chi connectivity index (χ3v) is 7.34. The van der Waals surface area contributed by atoms with Gasteiger partial charge in [-0.1, -0.05) is 12.1 Å². The van der Waals surface area contributed by atoms with Gasteiger partial charge in [0.1, 0.15) is 0 Å². The molecule has 3 atom stereocenters. The highest BCUT2D eigenvalue weighted by Crippen LogP contribution is 2.44. The Morgan fingerprint density at radius 2 is 2.16 bits per heavy atom. The number of fused-ring (bicyclic) bond motifs is 2. The molecule has 1 fully saturated rings. The molecule has 1 aromatic heterocycles. The Balaban J connectivity index is 1.59. The number of rotatable bonds is 4. The summed E-state index contributed by atoms with van der Waals surface area (Å²) in [5.41, 5.74) is 4.03. The molecule has 0 radical (unpaired) electrons. The van der Waals surface area contributed by atoms with E-state index in [9.17, 15) is 8.42 Å². The molecule has 2 N–H and O–H groups in total. The van der Waals surface area contributed by atoms with Crippen LogP contribution >= 0.6 is 0 Å². The van der Waals surface area contributed by atoms with Gasteiger partial charge in [-0.25, -0.2) is 4.72 Å². The van der Waals surface area contributed by atoms with Crippen LogP contribution in [-0.4, -0.2) is 62.9 Å². The van der Waals surface area contributed by atoms with Crippen LogP contribution in [0.15, 0.2) is 24.4 Å². The van der Waals surface area contributed by atoms with Crippen LogP contribution in [0.2, 0.25) is 0 Å². The number of hydrogen-bond acceptors (Lipinski definition) is 3. The fourth-order valence-electron chi connectivity index (χ4n) is 4.55. The van der Waals surface area contributed by atoms with Gasteiger partial charge in [-0.2, -0.15) is 12.7 Å². The highest BCUT2D eigenvalue weighted by Gasteiger charge is 2.39. The number of nitrogens with zero attached hydrogens (tertiary/aromatic N) is 2. The number of aromatic amines is 1. The van der Waals surface area contributed by atoms with Gasteiger partial charge < -0.3 is 9.88 Å². The zero-order chi connectivity index (χ0) is 17.8. The first-order chi connectivity index (χ1) is 11.9. The van der Waals surface area contributed by atoms with E-state index in [-0.39, 0.29) is 0 Å². The van der Waals surface area contributed by atoms with Crippen molar-refractivity contribution in [2.75, 3.05) is 34.2 Å². The summed E-state index contributed by atoms with van der Waals surface area (Å²) < 4.78 is 28.0. The second-order valence-electron chi connectivity index (χ2n) is 7.64. The second-order valence-corrected chi connectivity index (χ2v) is 9.61. The largest absolute Gasteiger partial charge is 0.361 e. The summed E-state index contributed by atoms with van der Waals surface area (Å²) in [6, 6.07) is 7.00. The van der Waals surface area contributed by atoms with Crippen LogP contribution in [0.4, 0.5) is 0 Å². The lowest BCUT2D eigenvalue weighted by molar-refractivity contribution is 0.113. The number of H-pyrrole nitrogens is 1. The quantitative estimate of drug-likeness (QED) is 0.867. The SMILES string of the molecule is CN1C[C@H](CNS(=O)(=O)N(C)C)CC2c3cccc4[nH]cc(c34)C[C@H]21. The van der Waals surface area contributed by atoms with Crippen LogP contribution in [0.5, 0.6) is 0 Å². The van der Waals surface area contributed by atoms with Crippen molar-refractivity contribution < 1.29 is 8.42 Å². The summed E-state index contributed by atoms with van der Waals surface area (Å²) >= 11 is 0. The zero-order valence-electron chi connectivity index (χ0n) is 15.0. The monoisotopic (exact) mass is 362 g/mol. The summed E-state index contributed by atoms with van der Waals surface area (Å²) in [7, 11) is 1.92. The molecule has 2 aromatic rings. The first kappa shape index (κ1) is 17.0. The maximum atomic E-state index is 12.0. The van der Waals surface area contributed by atoms with E-state index < -0.39 is 10.2 Å². The van der Waals surface area contributed by atoms with E-state index >= 15 is 0 Å². The van der Waals surface area contributed by atoms with Crippen molar-refractivity contribution in [3.05, 3.63) is 35.5 Å². The summed E-state index contributed by atoms with van der Waals surface area (Å²) in [5, 5.41) is 1.38. The Kier molecular flexibility index (Phi) is 4.15. The number of nitrogens with one attached hydrogen (secondary N) is 2. The summed E-state index contributed by atoms with van der Waals surface area (Å²) in [5.74, 6) is 0.774. The predicted molar refractivity (Wildman–Crippen MR) is 99.9 cm³/mol. The first-order valence-corrected chi connectivity index (χ1v) is 10.3. The first-order valence-electron chi connectivity index (χ1n) is 8.83. The number of aromatic nitrogens is 1. The van der Waals surface area contributed by atoms with Crippen molar-refractivity contribution in [1.29, 1.82) is 0 Å². The van der Waals surface area contributed by atoms with E-state index in [1.165, 1.54) is 26.3 Å². The fourth-order valence-corrected chi connectivity index (χ4v) is 5.26. The standard InChI is InChI=1S/C18H26N4O2S/c1-21(2)25(23,24)20-9-12-7-15-14-5-4-6-16-18(14)13(10-19-16)8-17(15)22(3)11-12/h4-6,10,12,15,17,19-20H,7-9,11H2,1-3H3/t12-,15?,17+/m0/s1. The summed E-state index contributed by atoms with van der Waals surface area (Å²) in [4.78, 5) is 5.81. The highest BCUT2D eigenvalue weighted by molar-refractivity contribution is 7.87. The number of piperidine rings is 1. The maximum absolute atomic E-state index is 12.0. The number of benzene rings is 1. The van der Waals surface area contributed by atoms with Gasteiger partial charge in [-0.05, 0) is 43.0 Å². The van der Waals surface area contributed by atoms with Gasteiger partial charge in [0.25, 0.3) is 10.2 Å². The normalized spacial score (nSPS) is 27.0. The van der Waals surface area contributed by atoms with E-state index in [0.717, 1.165) is 19.4 Å². The number of likely N-dealkylation sites (tertiary alicyclic amines) is 1. The number of hydrogen-bond donors (Lipinski definition) is 2. The van der Waals surface area contributed by atoms with E-state index in [0.29, 0.717) is 24.4 Å². The van der Waals surface area contributed by atoms with Crippen LogP contribution < -0.4 is 4.72 Å². The zero-order valence-corrected chi connectivity index (χ0v) is 15.8. The Hall–Kier alpha value is -1.41. The van der Waals surface area contributed by atoms with Crippen molar-refractivity contribution in [2.24, 2.45) is 5.92 Å². The lowest BCUT2D eigenvalue weighted by Crippen LogP contribution is -2.50. The number of likely N-dealkylation sites (N-methyl/N-ethyl adjacent to an activating group) is 1. The Labute approximate surface area is 149 Å². The van der Waals surface area contributed by atoms with Crippen LogP contribution in [0.1, 0.15) is 23.5 Å². The summed E-state index contributed by atoms with van der Waals surface area (Å²) in [6.07, 6.45) is 4.23. The van der Waals surface area contributed by atoms with Crippen LogP contribution in [0.3, 0.4) is 0 Å². The van der Waals surface area contributed by atoms with Crippen molar-refractivity contribution >= 4 is 21.1 Å². The molecular weight excluding hydrogens is 336 g/mol. The minimum atomic E-state index is -3.36. The predicted octanol–water partition coefficient (Wildman–Crippen LogP) is 1.52. The molecule has 2 aliphatic rings. The maximum Gasteiger partial charge on any atom is 0.278 e. The molecule has 0 saturated carbocycles. The average Bonchev–Trinajstić information content (AvgIpc) is 2.99. The van der Waals surface area contributed by atoms with E-state index in [1.807, 2.05) is 0 Å². The Bertz CT molecular complexity index is 890. The third kappa shape index (κ3) is 2.89. The fraction of sp³-hybridized carbons (Fsp3) is 0.556. The van der Waals surface area contributed by atoms with Crippen LogP contribution in [0.25, 0.3) is 10.9 Å². The van der Waals surface area contributed by atoms with Crippen molar-refractivity contribution in [3.63, 3.8) is 0 Å². The molecule has 7 heteroatoms. The second kappa shape index (κ2) is 6.09. The molecule has 1 unspecified atom stereocenters. The van der Waals surface area contributed by atoms with Crippen molar-refractivity contribution in [3.8, 4) is 0 Å². The average molecular weight is 362 g/mol. The minimum Gasteiger partial charge on any atom is -0.361 e. The molecule has 0 amide bonds. The topological polar surface area (TPSA) is 68.4 Å². The molecule has 136 valence electrons. The smallest absolute Gasteiger partial charge is 0.278 e. The van der Waals surface area contributed by atoms with Gasteiger partial charge in [0.05, 0.1) is 0 Å². The minimum absolute atomic E-state index is 0.316. The molecular formula is C18H26N4O2S. The van der Waals surface area contributed by atoms with Crippen molar-refractivity contribution in [2.45, 2.75) is 24.8 Å². The van der Waals surface area contributed by atoms with E-state index in [4.69, 9.17) is 0 Å². The van der Waals surface area contributed by atoms with Crippen LogP contribution in [-0.2, 0) is 16.6 Å². The van der Waals surface area contributed by atoms with E-state index in [1.54, 1.807) is 14.1 Å². The van der Waals surface area contributed by atoms with Crippen LogP contribution in [0, 0.1) is 5.92 Å². The molecule has 0 spiro atoms. The molecule has 2 heterocycles. The summed E-state index contributed by atoms with van der Waals surface area (Å²) in [6.45, 7) is 1.41. The van der Waals surface area contributed by atoms with Gasteiger partial charge >= 0.3 is 0 Å². The lowest BCUT2D eigenvalue weighted by atomic mass is 9.72. The van der Waals surface area contributed by atoms with E-state index in [2.05, 4.69) is 46.0 Å². The molecule has 0 bridgehead atoms. The Morgan fingerprint density at radius 1 is 1.36 bits per heavy atom. The molecule has 4 rings (SSSR count). The lowest BCUT2D eigenvalue weighted by Gasteiger charge is -2.45. The third-order valence-electron chi connectivity index (χ3n) is 5.85. The molecule has 25 heavy (non-hydrogen) atoms.